The van der Waals surface area contributed by atoms with Crippen molar-refractivity contribution in [2.45, 2.75) is 0 Å². The lowest BCUT2D eigenvalue weighted by Crippen LogP contribution is -2.15. The van der Waals surface area contributed by atoms with E-state index in [1.54, 1.807) is 35.3 Å². The molecule has 0 fully saturated rings. The van der Waals surface area contributed by atoms with Crippen LogP contribution < -0.4 is 5.56 Å². The molecule has 4 nitrogen and oxygen atoms in total. The monoisotopic (exact) mass is 351 g/mol. The van der Waals surface area contributed by atoms with Gasteiger partial charge in [-0.1, -0.05) is 24.3 Å². The predicted molar refractivity (Wildman–Crippen MR) is 108 cm³/mol. The van der Waals surface area contributed by atoms with Gasteiger partial charge in [0, 0.05) is 35.9 Å². The summed E-state index contributed by atoms with van der Waals surface area (Å²) in [5.74, 6) is 0. The molecule has 0 aliphatic heterocycles. The fourth-order valence-corrected chi connectivity index (χ4v) is 2.85. The van der Waals surface area contributed by atoms with Crippen LogP contribution in [0.4, 0.5) is 0 Å². The molecular weight excluding hydrogens is 334 g/mol. The van der Waals surface area contributed by atoms with Gasteiger partial charge in [-0.2, -0.15) is 0 Å². The summed E-state index contributed by atoms with van der Waals surface area (Å²) >= 11 is 0. The van der Waals surface area contributed by atoms with Crippen molar-refractivity contribution < 1.29 is 0 Å². The average Bonchev–Trinajstić information content (AvgIpc) is 2.74. The Labute approximate surface area is 157 Å². The van der Waals surface area contributed by atoms with Gasteiger partial charge in [0.2, 0.25) is 0 Å². The van der Waals surface area contributed by atoms with Gasteiger partial charge >= 0.3 is 0 Å². The summed E-state index contributed by atoms with van der Waals surface area (Å²) in [5, 5.41) is 0. The molecule has 4 aromatic rings. The average molecular weight is 351 g/mol. The summed E-state index contributed by atoms with van der Waals surface area (Å²) in [7, 11) is 0. The van der Waals surface area contributed by atoms with Gasteiger partial charge in [-0.15, -0.1) is 0 Å². The molecule has 3 aromatic heterocycles. The van der Waals surface area contributed by atoms with Gasteiger partial charge in [-0.05, 0) is 60.2 Å². The van der Waals surface area contributed by atoms with Gasteiger partial charge in [0.1, 0.15) is 0 Å². The van der Waals surface area contributed by atoms with Crippen LogP contribution in [0.5, 0.6) is 0 Å². The van der Waals surface area contributed by atoms with E-state index in [0.717, 1.165) is 28.2 Å². The Bertz CT molecular complexity index is 1130. The molecule has 0 radical (unpaired) electrons. The van der Waals surface area contributed by atoms with Gasteiger partial charge < -0.3 is 0 Å². The van der Waals surface area contributed by atoms with Gasteiger partial charge in [0.25, 0.3) is 5.56 Å². The number of hydrogen-bond acceptors (Lipinski definition) is 3. The zero-order valence-electron chi connectivity index (χ0n) is 14.6. The normalized spacial score (nSPS) is 11.0. The Morgan fingerprint density at radius 3 is 2.33 bits per heavy atom. The van der Waals surface area contributed by atoms with E-state index < -0.39 is 0 Å². The van der Waals surface area contributed by atoms with Crippen molar-refractivity contribution in [3.05, 3.63) is 113 Å². The highest BCUT2D eigenvalue weighted by atomic mass is 16.1. The van der Waals surface area contributed by atoms with Crippen LogP contribution in [0, 0.1) is 0 Å². The highest BCUT2D eigenvalue weighted by Gasteiger charge is 2.06. The molecule has 27 heavy (non-hydrogen) atoms. The van der Waals surface area contributed by atoms with Crippen molar-refractivity contribution >= 4 is 12.2 Å². The maximum absolute atomic E-state index is 12.3. The topological polar surface area (TPSA) is 47.8 Å². The number of hydrogen-bond donors (Lipinski definition) is 0. The number of pyridine rings is 3. The Morgan fingerprint density at radius 2 is 1.59 bits per heavy atom. The fourth-order valence-electron chi connectivity index (χ4n) is 2.85. The summed E-state index contributed by atoms with van der Waals surface area (Å²) in [5.41, 5.74) is 4.37. The molecule has 0 aliphatic carbocycles. The first kappa shape index (κ1) is 16.7. The van der Waals surface area contributed by atoms with E-state index in [-0.39, 0.29) is 5.56 Å². The third kappa shape index (κ3) is 3.90. The highest BCUT2D eigenvalue weighted by molar-refractivity contribution is 5.74. The lowest BCUT2D eigenvalue weighted by molar-refractivity contribution is 0.990. The van der Waals surface area contributed by atoms with Crippen molar-refractivity contribution in [2.75, 3.05) is 0 Å². The largest absolute Gasteiger partial charge is 0.284 e. The molecular formula is C23H17N3O. The summed E-state index contributed by atoms with van der Waals surface area (Å²) in [6.07, 6.45) is 9.24. The first-order valence-corrected chi connectivity index (χ1v) is 8.63. The standard InChI is InChI=1S/C23H17N3O/c27-23-9-3-6-14-26(23)21-16-18(10-11-20-7-1-4-12-24-20)15-19(17-21)22-8-2-5-13-25-22/h1-17H/b11-10+. The highest BCUT2D eigenvalue weighted by Crippen LogP contribution is 2.23. The minimum absolute atomic E-state index is 0.0738. The Balaban J connectivity index is 1.83. The predicted octanol–water partition coefficient (Wildman–Crippen LogP) is 4.46. The third-order valence-corrected chi connectivity index (χ3v) is 4.14. The summed E-state index contributed by atoms with van der Waals surface area (Å²) in [6, 6.07) is 22.7. The Kier molecular flexibility index (Phi) is 4.70. The van der Waals surface area contributed by atoms with Gasteiger partial charge in [0.15, 0.2) is 0 Å². The van der Waals surface area contributed by atoms with Gasteiger partial charge in [-0.25, -0.2) is 0 Å². The summed E-state index contributed by atoms with van der Waals surface area (Å²) in [6.45, 7) is 0. The molecule has 4 rings (SSSR count). The van der Waals surface area contributed by atoms with E-state index in [9.17, 15) is 4.79 Å². The second kappa shape index (κ2) is 7.62. The van der Waals surface area contributed by atoms with Crippen molar-refractivity contribution in [2.24, 2.45) is 0 Å². The van der Waals surface area contributed by atoms with E-state index in [1.165, 1.54) is 0 Å². The van der Waals surface area contributed by atoms with Crippen LogP contribution in [0.15, 0.2) is 96.2 Å². The third-order valence-electron chi connectivity index (χ3n) is 4.14. The van der Waals surface area contributed by atoms with E-state index in [0.29, 0.717) is 0 Å². The first-order valence-electron chi connectivity index (χ1n) is 8.63. The molecule has 0 saturated heterocycles. The molecule has 0 aliphatic rings. The van der Waals surface area contributed by atoms with Crippen LogP contribution in [0.25, 0.3) is 29.1 Å². The molecule has 0 saturated carbocycles. The smallest absolute Gasteiger partial charge is 0.255 e. The quantitative estimate of drug-likeness (QED) is 0.545. The minimum Gasteiger partial charge on any atom is -0.284 e. The molecule has 130 valence electrons. The molecule has 0 N–H and O–H groups in total. The van der Waals surface area contributed by atoms with E-state index in [1.807, 2.05) is 66.7 Å². The van der Waals surface area contributed by atoms with E-state index in [2.05, 4.69) is 16.0 Å². The second-order valence-corrected chi connectivity index (χ2v) is 6.03. The first-order chi connectivity index (χ1) is 13.3. The molecule has 0 atom stereocenters. The minimum atomic E-state index is -0.0738. The van der Waals surface area contributed by atoms with Gasteiger partial charge in [0.05, 0.1) is 11.4 Å². The maximum Gasteiger partial charge on any atom is 0.255 e. The zero-order valence-corrected chi connectivity index (χ0v) is 14.6. The zero-order chi connectivity index (χ0) is 18.5. The second-order valence-electron chi connectivity index (χ2n) is 6.03. The van der Waals surface area contributed by atoms with E-state index in [4.69, 9.17) is 0 Å². The van der Waals surface area contributed by atoms with Crippen LogP contribution in [0.1, 0.15) is 11.3 Å². The van der Waals surface area contributed by atoms with Crippen LogP contribution in [0.2, 0.25) is 0 Å². The van der Waals surface area contributed by atoms with Crippen LogP contribution in [-0.2, 0) is 0 Å². The molecule has 1 aromatic carbocycles. The lowest BCUT2D eigenvalue weighted by Gasteiger charge is -2.10. The number of aromatic nitrogens is 3. The Morgan fingerprint density at radius 1 is 0.778 bits per heavy atom. The van der Waals surface area contributed by atoms with Crippen LogP contribution in [-0.4, -0.2) is 14.5 Å². The number of rotatable bonds is 4. The van der Waals surface area contributed by atoms with Crippen molar-refractivity contribution in [1.29, 1.82) is 0 Å². The van der Waals surface area contributed by atoms with Crippen LogP contribution in [0.3, 0.4) is 0 Å². The summed E-state index contributed by atoms with van der Waals surface area (Å²) < 4.78 is 1.63. The lowest BCUT2D eigenvalue weighted by atomic mass is 10.0. The van der Waals surface area contributed by atoms with Crippen molar-refractivity contribution in [1.82, 2.24) is 14.5 Å². The molecule has 0 bridgehead atoms. The number of nitrogens with zero attached hydrogens (tertiary/aromatic N) is 3. The summed E-state index contributed by atoms with van der Waals surface area (Å²) in [4.78, 5) is 21.0. The molecule has 0 spiro atoms. The van der Waals surface area contributed by atoms with Crippen molar-refractivity contribution in [3.8, 4) is 16.9 Å². The molecule has 4 heteroatoms. The Hall–Kier alpha value is -3.79. The molecule has 3 heterocycles. The van der Waals surface area contributed by atoms with Crippen molar-refractivity contribution in [3.63, 3.8) is 0 Å². The SMILES string of the molecule is O=c1ccccn1-c1cc(/C=C/c2ccccn2)cc(-c2ccccn2)c1. The van der Waals surface area contributed by atoms with Gasteiger partial charge in [-0.3, -0.25) is 19.3 Å². The maximum atomic E-state index is 12.3. The number of benzene rings is 1. The molecule has 0 unspecified atom stereocenters. The van der Waals surface area contributed by atoms with E-state index >= 15 is 0 Å². The van der Waals surface area contributed by atoms with Crippen LogP contribution >= 0.6 is 0 Å². The fraction of sp³-hybridized carbons (Fsp3) is 0. The molecule has 0 amide bonds.